The lowest BCUT2D eigenvalue weighted by molar-refractivity contribution is 0.669. The van der Waals surface area contributed by atoms with Crippen molar-refractivity contribution in [1.82, 2.24) is 4.57 Å². The Labute approximate surface area is 208 Å². The van der Waals surface area contributed by atoms with Crippen LogP contribution in [0.25, 0.3) is 60.6 Å². The first-order valence-electron chi connectivity index (χ1n) is 13.9. The van der Waals surface area contributed by atoms with E-state index in [1.54, 1.807) is 41.0 Å². The smallest absolute Gasteiger partial charge is 0.136 e. The molecule has 0 aliphatic carbocycles. The summed E-state index contributed by atoms with van der Waals surface area (Å²) in [6.45, 7) is 0. The Morgan fingerprint density at radius 1 is 0.697 bits per heavy atom. The molecule has 0 aliphatic heterocycles. The Kier molecular flexibility index (Phi) is 2.80. The Balaban J connectivity index is 1.67. The van der Waals surface area contributed by atoms with Gasteiger partial charge in [-0.15, -0.1) is 0 Å². The monoisotopic (exact) mass is 494 g/mol. The van der Waals surface area contributed by atoms with Crippen molar-refractivity contribution in [2.75, 3.05) is 0 Å². The van der Waals surface area contributed by atoms with Crippen LogP contribution in [0.1, 0.15) is 9.60 Å². The molecule has 0 amide bonds. The van der Waals surface area contributed by atoms with E-state index in [2.05, 4.69) is 15.9 Å². The van der Waals surface area contributed by atoms with Gasteiger partial charge in [0.05, 0.1) is 20.6 Å². The van der Waals surface area contributed by atoms with E-state index in [0.717, 1.165) is 15.2 Å². The van der Waals surface area contributed by atoms with Crippen molar-refractivity contribution >= 4 is 59.7 Å². The minimum atomic E-state index is -0.414. The number of benzene rings is 5. The first-order valence-corrected chi connectivity index (χ1v) is 11.2. The number of halogens is 1. The molecule has 7 rings (SSSR count). The molecular weight excluding hydrogens is 470 g/mol. The summed E-state index contributed by atoms with van der Waals surface area (Å²) in [6.07, 6.45) is 0. The molecule has 33 heavy (non-hydrogen) atoms. The van der Waals surface area contributed by atoms with Crippen molar-refractivity contribution in [2.24, 2.45) is 0 Å². The Bertz CT molecular complexity index is 2200. The first kappa shape index (κ1) is 13.0. The highest BCUT2D eigenvalue weighted by molar-refractivity contribution is 9.10. The van der Waals surface area contributed by atoms with Gasteiger partial charge in [-0.05, 0) is 65.7 Å². The van der Waals surface area contributed by atoms with Gasteiger partial charge in [-0.25, -0.2) is 0 Å². The van der Waals surface area contributed by atoms with Crippen LogP contribution in [0.2, 0.25) is 0 Å². The molecule has 0 bridgehead atoms. The molecule has 0 unspecified atom stereocenters. The van der Waals surface area contributed by atoms with Crippen LogP contribution in [0.15, 0.2) is 118 Å². The van der Waals surface area contributed by atoms with E-state index >= 15 is 0 Å². The zero-order valence-electron chi connectivity index (χ0n) is 24.1. The molecule has 0 spiro atoms. The minimum absolute atomic E-state index is 0.0769. The molecule has 0 fully saturated rings. The summed E-state index contributed by atoms with van der Waals surface area (Å²) in [5.74, 6) is 0. The second-order valence-corrected chi connectivity index (χ2v) is 8.65. The Morgan fingerprint density at radius 3 is 2.45 bits per heavy atom. The highest BCUT2D eigenvalue weighted by Gasteiger charge is 2.14. The van der Waals surface area contributed by atoms with Gasteiger partial charge >= 0.3 is 0 Å². The summed E-state index contributed by atoms with van der Waals surface area (Å²) in [7, 11) is 0. The predicted octanol–water partition coefficient (Wildman–Crippen LogP) is 9.11. The van der Waals surface area contributed by atoms with E-state index in [1.807, 2.05) is 30.3 Å². The van der Waals surface area contributed by atoms with Gasteiger partial charge in [0, 0.05) is 31.7 Å². The van der Waals surface area contributed by atoms with E-state index in [0.29, 0.717) is 22.4 Å². The number of fused-ring (bicyclic) bond motifs is 6. The maximum absolute atomic E-state index is 9.34. The van der Waals surface area contributed by atoms with Crippen LogP contribution in [-0.4, -0.2) is 4.57 Å². The van der Waals surface area contributed by atoms with Crippen molar-refractivity contribution in [3.8, 4) is 16.8 Å². The SMILES string of the molecule is [2H]c1c([2H])c([2H])c2c(c1[2H])c1c([2H])c(-c3ccc4oc5cccc(Br)c5c4c3)c([2H])c([2H])c1n2-c1ccccc1. The number of furan rings is 1. The van der Waals surface area contributed by atoms with Gasteiger partial charge in [0.2, 0.25) is 0 Å². The van der Waals surface area contributed by atoms with Crippen molar-refractivity contribution in [3.05, 3.63) is 113 Å². The largest absolute Gasteiger partial charge is 0.456 e. The quantitative estimate of drug-likeness (QED) is 0.234. The summed E-state index contributed by atoms with van der Waals surface area (Å²) in [5, 5.41) is 2.01. The van der Waals surface area contributed by atoms with Gasteiger partial charge < -0.3 is 8.98 Å². The lowest BCUT2D eigenvalue weighted by Crippen LogP contribution is -1.92. The molecule has 2 nitrogen and oxygen atoms in total. The van der Waals surface area contributed by atoms with Gasteiger partial charge in [0.15, 0.2) is 0 Å². The first-order chi connectivity index (χ1) is 19.2. The molecule has 156 valence electrons. The summed E-state index contributed by atoms with van der Waals surface area (Å²) < 4.78 is 70.1. The van der Waals surface area contributed by atoms with E-state index in [9.17, 15) is 1.37 Å². The van der Waals surface area contributed by atoms with Crippen molar-refractivity contribution in [1.29, 1.82) is 0 Å². The molecule has 3 heteroatoms. The number of hydrogen-bond acceptors (Lipinski definition) is 1. The molecule has 0 radical (unpaired) electrons. The fraction of sp³-hybridized carbons (Fsp3) is 0. The summed E-state index contributed by atoms with van der Waals surface area (Å²) in [4.78, 5) is 0. The van der Waals surface area contributed by atoms with Gasteiger partial charge in [-0.3, -0.25) is 0 Å². The number of aromatic nitrogens is 1. The van der Waals surface area contributed by atoms with E-state index in [4.69, 9.17) is 12.6 Å². The lowest BCUT2D eigenvalue weighted by Gasteiger charge is -2.08. The molecule has 2 aromatic heterocycles. The number of nitrogens with zero attached hydrogens (tertiary/aromatic N) is 1. The standard InChI is InChI=1S/C30H18BrNO/c31-25-10-6-12-29-30(25)24-18-20(14-16-28(24)33-29)19-13-15-27-23(17-19)22-9-4-5-11-26(22)32(27)21-7-2-1-3-8-21/h1-18H/i4D,5D,9D,11D,13D,15D,17D. The maximum atomic E-state index is 9.34. The number of para-hydroxylation sites is 2. The topological polar surface area (TPSA) is 18.1 Å². The third-order valence-corrected chi connectivity index (χ3v) is 6.57. The third-order valence-electron chi connectivity index (χ3n) is 5.90. The second-order valence-electron chi connectivity index (χ2n) is 7.79. The highest BCUT2D eigenvalue weighted by Crippen LogP contribution is 2.38. The predicted molar refractivity (Wildman–Crippen MR) is 141 cm³/mol. The van der Waals surface area contributed by atoms with Crippen LogP contribution in [0.3, 0.4) is 0 Å². The van der Waals surface area contributed by atoms with Crippen LogP contribution in [-0.2, 0) is 0 Å². The Hall–Kier alpha value is -3.82. The average Bonchev–Trinajstić information content (AvgIpc) is 3.51. The van der Waals surface area contributed by atoms with Crippen LogP contribution in [0, 0.1) is 0 Å². The molecule has 2 heterocycles. The zero-order valence-corrected chi connectivity index (χ0v) is 18.7. The van der Waals surface area contributed by atoms with Crippen molar-refractivity contribution in [3.63, 3.8) is 0 Å². The van der Waals surface area contributed by atoms with Crippen LogP contribution in [0.5, 0.6) is 0 Å². The molecule has 0 N–H and O–H groups in total. The highest BCUT2D eigenvalue weighted by atomic mass is 79.9. The van der Waals surface area contributed by atoms with Crippen molar-refractivity contribution < 1.29 is 14.0 Å². The summed E-state index contributed by atoms with van der Waals surface area (Å²) in [6, 6.07) is 18.2. The van der Waals surface area contributed by atoms with Crippen LogP contribution < -0.4 is 0 Å². The molecule has 0 aliphatic rings. The van der Waals surface area contributed by atoms with Crippen molar-refractivity contribution in [2.45, 2.75) is 0 Å². The lowest BCUT2D eigenvalue weighted by atomic mass is 10.0. The van der Waals surface area contributed by atoms with Gasteiger partial charge in [0.1, 0.15) is 11.2 Å². The molecule has 7 aromatic rings. The second kappa shape index (κ2) is 7.09. The fourth-order valence-electron chi connectivity index (χ4n) is 4.43. The normalized spacial score (nSPS) is 14.8. The van der Waals surface area contributed by atoms with Gasteiger partial charge in [-0.2, -0.15) is 0 Å². The average molecular weight is 495 g/mol. The maximum Gasteiger partial charge on any atom is 0.136 e. The fourth-order valence-corrected chi connectivity index (χ4v) is 4.99. The molecule has 0 saturated heterocycles. The van der Waals surface area contributed by atoms with Gasteiger partial charge in [-0.1, -0.05) is 70.4 Å². The van der Waals surface area contributed by atoms with E-state index in [-0.39, 0.29) is 57.6 Å². The van der Waals surface area contributed by atoms with Crippen LogP contribution in [0.4, 0.5) is 0 Å². The number of rotatable bonds is 2. The minimum Gasteiger partial charge on any atom is -0.456 e. The van der Waals surface area contributed by atoms with E-state index < -0.39 is 12.1 Å². The zero-order chi connectivity index (χ0) is 28.0. The van der Waals surface area contributed by atoms with Gasteiger partial charge in [0.25, 0.3) is 0 Å². The third kappa shape index (κ3) is 2.79. The van der Waals surface area contributed by atoms with E-state index in [1.165, 1.54) is 0 Å². The summed E-state index contributed by atoms with van der Waals surface area (Å²) >= 11 is 3.59. The summed E-state index contributed by atoms with van der Waals surface area (Å²) in [5.41, 5.74) is 3.03. The molecule has 5 aromatic carbocycles. The molecular formula is C30H18BrNO. The molecule has 0 atom stereocenters. The van der Waals surface area contributed by atoms with Crippen LogP contribution >= 0.6 is 15.9 Å². The number of hydrogen-bond donors (Lipinski definition) is 0. The molecule has 0 saturated carbocycles. The Morgan fingerprint density at radius 2 is 1.55 bits per heavy atom.